The fourth-order valence-electron chi connectivity index (χ4n) is 4.24. The van der Waals surface area contributed by atoms with Crippen molar-refractivity contribution in [2.24, 2.45) is 0 Å². The molecule has 156 valence electrons. The number of rotatable bonds is 7. The quantitative estimate of drug-likeness (QED) is 0.565. The standard InChI is InChI=1S/C24H27N3O3/c1-30-23(29)11-5-10-22(28)26-15-13-19-20-9-6-14-25-24(20)27(21(19)17-26)16-12-18-7-3-2-4-8-18/h2-4,6-9,14H,5,10-13,15-17H2,1H3. The zero-order chi connectivity index (χ0) is 20.9. The highest BCUT2D eigenvalue weighted by Crippen LogP contribution is 2.30. The van der Waals surface area contributed by atoms with Crippen LogP contribution < -0.4 is 0 Å². The number of carbonyl (C=O) groups excluding carboxylic acids is 2. The number of fused-ring (bicyclic) bond motifs is 3. The normalized spacial score (nSPS) is 13.3. The van der Waals surface area contributed by atoms with Crippen LogP contribution in [0.5, 0.6) is 0 Å². The van der Waals surface area contributed by atoms with Crippen molar-refractivity contribution < 1.29 is 14.3 Å². The fraction of sp³-hybridized carbons (Fsp3) is 0.375. The Balaban J connectivity index is 1.53. The van der Waals surface area contributed by atoms with Crippen LogP contribution in [-0.4, -0.2) is 40.0 Å². The minimum absolute atomic E-state index is 0.0948. The summed E-state index contributed by atoms with van der Waals surface area (Å²) in [5.41, 5.74) is 4.78. The maximum absolute atomic E-state index is 12.7. The van der Waals surface area contributed by atoms with Gasteiger partial charge >= 0.3 is 5.97 Å². The molecule has 3 aromatic rings. The summed E-state index contributed by atoms with van der Waals surface area (Å²) in [5.74, 6) is -0.173. The molecule has 30 heavy (non-hydrogen) atoms. The molecule has 0 bridgehead atoms. The minimum Gasteiger partial charge on any atom is -0.469 e. The lowest BCUT2D eigenvalue weighted by Crippen LogP contribution is -2.36. The molecule has 0 unspecified atom stereocenters. The van der Waals surface area contributed by atoms with E-state index in [0.29, 0.717) is 25.9 Å². The predicted molar refractivity (Wildman–Crippen MR) is 115 cm³/mol. The average Bonchev–Trinajstić information content (AvgIpc) is 3.11. The number of pyridine rings is 1. The fourth-order valence-corrected chi connectivity index (χ4v) is 4.24. The molecular formula is C24H27N3O3. The van der Waals surface area contributed by atoms with Crippen LogP contribution in [0.15, 0.2) is 48.7 Å². The summed E-state index contributed by atoms with van der Waals surface area (Å²) in [7, 11) is 1.37. The van der Waals surface area contributed by atoms with Gasteiger partial charge in [-0.25, -0.2) is 4.98 Å². The maximum Gasteiger partial charge on any atom is 0.305 e. The molecule has 0 N–H and O–H groups in total. The largest absolute Gasteiger partial charge is 0.469 e. The molecule has 0 radical (unpaired) electrons. The SMILES string of the molecule is COC(=O)CCCC(=O)N1CCc2c(n(CCc3ccccc3)c3ncccc23)C1. The number of methoxy groups -OCH3 is 1. The number of aromatic nitrogens is 2. The number of aryl methyl sites for hydroxylation is 2. The molecule has 0 aliphatic carbocycles. The van der Waals surface area contributed by atoms with E-state index in [1.165, 1.54) is 29.3 Å². The third-order valence-corrected chi connectivity index (χ3v) is 5.83. The van der Waals surface area contributed by atoms with Gasteiger partial charge in [0.2, 0.25) is 5.91 Å². The number of amides is 1. The number of ether oxygens (including phenoxy) is 1. The van der Waals surface area contributed by atoms with Gasteiger partial charge in [-0.15, -0.1) is 0 Å². The lowest BCUT2D eigenvalue weighted by Gasteiger charge is -2.28. The Morgan fingerprint density at radius 3 is 2.73 bits per heavy atom. The van der Waals surface area contributed by atoms with Crippen molar-refractivity contribution in [3.63, 3.8) is 0 Å². The van der Waals surface area contributed by atoms with Crippen LogP contribution in [0.4, 0.5) is 0 Å². The first-order valence-corrected chi connectivity index (χ1v) is 10.5. The Morgan fingerprint density at radius 1 is 1.10 bits per heavy atom. The molecule has 1 aliphatic heterocycles. The zero-order valence-corrected chi connectivity index (χ0v) is 17.3. The topological polar surface area (TPSA) is 64.4 Å². The highest BCUT2D eigenvalue weighted by molar-refractivity contribution is 5.84. The molecule has 4 rings (SSSR count). The van der Waals surface area contributed by atoms with Gasteiger partial charge in [0, 0.05) is 43.2 Å². The van der Waals surface area contributed by atoms with Crippen LogP contribution in [0.25, 0.3) is 11.0 Å². The van der Waals surface area contributed by atoms with E-state index in [0.717, 1.165) is 25.0 Å². The number of hydrogen-bond donors (Lipinski definition) is 0. The second-order valence-electron chi connectivity index (χ2n) is 7.68. The second kappa shape index (κ2) is 9.11. The summed E-state index contributed by atoms with van der Waals surface area (Å²) in [5, 5.41) is 1.19. The molecule has 6 nitrogen and oxygen atoms in total. The molecular weight excluding hydrogens is 378 g/mol. The summed E-state index contributed by atoms with van der Waals surface area (Å²) >= 11 is 0. The van der Waals surface area contributed by atoms with Crippen LogP contribution in [-0.2, 0) is 40.3 Å². The Morgan fingerprint density at radius 2 is 1.93 bits per heavy atom. The Hall–Kier alpha value is -3.15. The molecule has 6 heteroatoms. The Bertz CT molecular complexity index is 1040. The van der Waals surface area contributed by atoms with Gasteiger partial charge in [-0.1, -0.05) is 30.3 Å². The number of hydrogen-bond acceptors (Lipinski definition) is 4. The molecule has 0 fully saturated rings. The first kappa shape index (κ1) is 20.1. The van der Waals surface area contributed by atoms with Crippen molar-refractivity contribution in [2.75, 3.05) is 13.7 Å². The third kappa shape index (κ3) is 4.22. The zero-order valence-electron chi connectivity index (χ0n) is 17.3. The molecule has 0 atom stereocenters. The third-order valence-electron chi connectivity index (χ3n) is 5.83. The molecule has 0 saturated carbocycles. The molecule has 3 heterocycles. The minimum atomic E-state index is -0.268. The highest BCUT2D eigenvalue weighted by atomic mass is 16.5. The second-order valence-corrected chi connectivity index (χ2v) is 7.68. The summed E-state index contributed by atoms with van der Waals surface area (Å²) in [4.78, 5) is 30.6. The van der Waals surface area contributed by atoms with Gasteiger partial charge in [0.25, 0.3) is 0 Å². The van der Waals surface area contributed by atoms with Gasteiger partial charge < -0.3 is 14.2 Å². The average molecular weight is 405 g/mol. The number of carbonyl (C=O) groups is 2. The van der Waals surface area contributed by atoms with Gasteiger partial charge in [-0.05, 0) is 42.5 Å². The van der Waals surface area contributed by atoms with Crippen LogP contribution >= 0.6 is 0 Å². The van der Waals surface area contributed by atoms with Gasteiger partial charge in [0.15, 0.2) is 0 Å². The van der Waals surface area contributed by atoms with Gasteiger partial charge in [-0.2, -0.15) is 0 Å². The molecule has 2 aromatic heterocycles. The van der Waals surface area contributed by atoms with E-state index in [1.54, 1.807) is 0 Å². The van der Waals surface area contributed by atoms with E-state index in [9.17, 15) is 9.59 Å². The van der Waals surface area contributed by atoms with Gasteiger partial charge in [-0.3, -0.25) is 9.59 Å². The predicted octanol–water partition coefficient (Wildman–Crippen LogP) is 3.51. The van der Waals surface area contributed by atoms with Gasteiger partial charge in [0.05, 0.1) is 13.7 Å². The van der Waals surface area contributed by atoms with E-state index in [4.69, 9.17) is 0 Å². The summed E-state index contributed by atoms with van der Waals surface area (Å²) in [6.45, 7) is 2.13. The number of nitrogens with zero attached hydrogens (tertiary/aromatic N) is 3. The van der Waals surface area contributed by atoms with Crippen molar-refractivity contribution >= 4 is 22.9 Å². The monoisotopic (exact) mass is 405 g/mol. The van der Waals surface area contributed by atoms with Crippen LogP contribution in [0, 0.1) is 0 Å². The van der Waals surface area contributed by atoms with Crippen molar-refractivity contribution in [1.29, 1.82) is 0 Å². The highest BCUT2D eigenvalue weighted by Gasteiger charge is 2.26. The first-order chi connectivity index (χ1) is 14.7. The maximum atomic E-state index is 12.7. The summed E-state index contributed by atoms with van der Waals surface area (Å²) in [6, 6.07) is 14.5. The van der Waals surface area contributed by atoms with Crippen LogP contribution in [0.2, 0.25) is 0 Å². The van der Waals surface area contributed by atoms with E-state index in [-0.39, 0.29) is 18.3 Å². The van der Waals surface area contributed by atoms with Crippen molar-refractivity contribution in [3.8, 4) is 0 Å². The van der Waals surface area contributed by atoms with E-state index in [1.807, 2.05) is 23.2 Å². The Kier molecular flexibility index (Phi) is 6.12. The smallest absolute Gasteiger partial charge is 0.305 e. The first-order valence-electron chi connectivity index (χ1n) is 10.5. The van der Waals surface area contributed by atoms with E-state index >= 15 is 0 Å². The molecule has 1 aliphatic rings. The molecule has 0 saturated heterocycles. The van der Waals surface area contributed by atoms with Crippen molar-refractivity contribution in [2.45, 2.75) is 45.2 Å². The van der Waals surface area contributed by atoms with E-state index in [2.05, 4.69) is 44.6 Å². The number of esters is 1. The summed E-state index contributed by atoms with van der Waals surface area (Å²) < 4.78 is 6.95. The van der Waals surface area contributed by atoms with Crippen LogP contribution in [0.1, 0.15) is 36.1 Å². The van der Waals surface area contributed by atoms with Crippen LogP contribution in [0.3, 0.4) is 0 Å². The lowest BCUT2D eigenvalue weighted by molar-refractivity contribution is -0.141. The van der Waals surface area contributed by atoms with Crippen molar-refractivity contribution in [3.05, 3.63) is 65.5 Å². The van der Waals surface area contributed by atoms with Gasteiger partial charge in [0.1, 0.15) is 5.65 Å². The summed E-state index contributed by atoms with van der Waals surface area (Å²) in [6.07, 6.45) is 4.75. The Labute approximate surface area is 176 Å². The van der Waals surface area contributed by atoms with Crippen molar-refractivity contribution in [1.82, 2.24) is 14.5 Å². The lowest BCUT2D eigenvalue weighted by atomic mass is 10.0. The molecule has 0 spiro atoms. The molecule has 1 amide bonds. The number of benzene rings is 1. The molecule has 1 aromatic carbocycles. The van der Waals surface area contributed by atoms with E-state index < -0.39 is 0 Å².